The van der Waals surface area contributed by atoms with Gasteiger partial charge in [0, 0.05) is 32.6 Å². The highest BCUT2D eigenvalue weighted by Crippen LogP contribution is 2.43. The molecule has 3 fully saturated rings. The fraction of sp³-hybridized carbons (Fsp3) is 0.667. The molecule has 160 valence electrons. The maximum absolute atomic E-state index is 12.9. The van der Waals surface area contributed by atoms with Crippen molar-refractivity contribution >= 4 is 5.97 Å². The number of piperidine rings is 1. The van der Waals surface area contributed by atoms with E-state index in [9.17, 15) is 18.0 Å². The molecule has 4 rings (SSSR count). The normalized spacial score (nSPS) is 26.0. The van der Waals surface area contributed by atoms with Crippen LogP contribution in [0.3, 0.4) is 0 Å². The molecule has 1 spiro atoms. The summed E-state index contributed by atoms with van der Waals surface area (Å²) in [5.74, 6) is -0.102. The van der Waals surface area contributed by atoms with E-state index in [1.165, 1.54) is 12.1 Å². The molecule has 0 aromatic heterocycles. The Kier molecular flexibility index (Phi) is 5.86. The summed E-state index contributed by atoms with van der Waals surface area (Å²) in [6.07, 6.45) is -2.27. The van der Waals surface area contributed by atoms with Crippen molar-refractivity contribution in [1.29, 1.82) is 0 Å². The predicted molar refractivity (Wildman–Crippen MR) is 100 cm³/mol. The Morgan fingerprint density at radius 1 is 1.07 bits per heavy atom. The van der Waals surface area contributed by atoms with Crippen molar-refractivity contribution in [3.05, 3.63) is 35.4 Å². The average Bonchev–Trinajstić information content (AvgIpc) is 2.99. The monoisotopic (exact) mass is 412 g/mol. The van der Waals surface area contributed by atoms with Crippen molar-refractivity contribution in [3.8, 4) is 0 Å². The lowest BCUT2D eigenvalue weighted by Crippen LogP contribution is -2.43. The lowest BCUT2D eigenvalue weighted by Gasteiger charge is -2.36. The molecule has 5 nitrogen and oxygen atoms in total. The number of ether oxygens (including phenoxy) is 2. The lowest BCUT2D eigenvalue weighted by atomic mass is 9.76. The Bertz CT molecular complexity index is 726. The van der Waals surface area contributed by atoms with Crippen LogP contribution in [0.15, 0.2) is 24.3 Å². The van der Waals surface area contributed by atoms with Crippen LogP contribution >= 0.6 is 0 Å². The first-order chi connectivity index (χ1) is 13.8. The number of nitrogens with zero attached hydrogens (tertiary/aromatic N) is 2. The van der Waals surface area contributed by atoms with Crippen LogP contribution in [-0.2, 0) is 27.0 Å². The third-order valence-corrected chi connectivity index (χ3v) is 6.36. The van der Waals surface area contributed by atoms with E-state index in [1.807, 2.05) is 0 Å². The number of alkyl halides is 3. The van der Waals surface area contributed by atoms with E-state index in [2.05, 4.69) is 9.80 Å². The molecule has 29 heavy (non-hydrogen) atoms. The second-order valence-electron chi connectivity index (χ2n) is 8.40. The van der Waals surface area contributed by atoms with Crippen molar-refractivity contribution in [2.75, 3.05) is 45.9 Å². The van der Waals surface area contributed by atoms with Crippen LogP contribution in [-0.4, -0.2) is 67.8 Å². The summed E-state index contributed by atoms with van der Waals surface area (Å²) in [5.41, 5.74) is -0.398. The highest BCUT2D eigenvalue weighted by molar-refractivity contribution is 5.79. The van der Waals surface area contributed by atoms with Crippen molar-refractivity contribution < 1.29 is 27.4 Å². The molecular weight excluding hydrogens is 385 g/mol. The van der Waals surface area contributed by atoms with Crippen LogP contribution < -0.4 is 0 Å². The number of halogens is 3. The van der Waals surface area contributed by atoms with Gasteiger partial charge in [-0.3, -0.25) is 14.6 Å². The third-order valence-electron chi connectivity index (χ3n) is 6.36. The topological polar surface area (TPSA) is 42.0 Å². The largest absolute Gasteiger partial charge is 0.461 e. The van der Waals surface area contributed by atoms with Crippen molar-refractivity contribution in [1.82, 2.24) is 9.80 Å². The number of rotatable bonds is 4. The van der Waals surface area contributed by atoms with E-state index < -0.39 is 17.2 Å². The Morgan fingerprint density at radius 3 is 2.48 bits per heavy atom. The SMILES string of the molecule is O=C1OC(CN2CCOCC2)CC12CCN(Cc1cccc(C(F)(F)F)c1)CC2. The Hall–Kier alpha value is -1.64. The zero-order valence-corrected chi connectivity index (χ0v) is 16.4. The number of benzene rings is 1. The highest BCUT2D eigenvalue weighted by atomic mass is 19.4. The molecule has 8 heteroatoms. The van der Waals surface area contributed by atoms with Gasteiger partial charge < -0.3 is 9.47 Å². The number of hydrogen-bond acceptors (Lipinski definition) is 5. The summed E-state index contributed by atoms with van der Waals surface area (Å²) >= 11 is 0. The fourth-order valence-electron chi connectivity index (χ4n) is 4.66. The first-order valence-corrected chi connectivity index (χ1v) is 10.2. The molecule has 0 aliphatic carbocycles. The average molecular weight is 412 g/mol. The van der Waals surface area contributed by atoms with E-state index in [1.54, 1.807) is 6.07 Å². The van der Waals surface area contributed by atoms with Gasteiger partial charge in [-0.2, -0.15) is 13.2 Å². The molecule has 3 heterocycles. The van der Waals surface area contributed by atoms with Crippen LogP contribution in [0.1, 0.15) is 30.4 Å². The molecule has 3 saturated heterocycles. The molecule has 3 aliphatic heterocycles. The van der Waals surface area contributed by atoms with Gasteiger partial charge in [0.2, 0.25) is 0 Å². The number of esters is 1. The second-order valence-corrected chi connectivity index (χ2v) is 8.40. The molecule has 0 N–H and O–H groups in total. The molecule has 0 saturated carbocycles. The van der Waals surface area contributed by atoms with Crippen LogP contribution in [0.2, 0.25) is 0 Å². The van der Waals surface area contributed by atoms with Gasteiger partial charge in [-0.25, -0.2) is 0 Å². The van der Waals surface area contributed by atoms with Gasteiger partial charge in [0.15, 0.2) is 0 Å². The number of carbonyl (C=O) groups excluding carboxylic acids is 1. The van der Waals surface area contributed by atoms with Gasteiger partial charge in [-0.15, -0.1) is 0 Å². The number of cyclic esters (lactones) is 1. The molecular formula is C21H27F3N2O3. The fourth-order valence-corrected chi connectivity index (χ4v) is 4.66. The highest BCUT2D eigenvalue weighted by Gasteiger charge is 2.50. The Balaban J connectivity index is 1.31. The Morgan fingerprint density at radius 2 is 1.79 bits per heavy atom. The molecule has 3 aliphatic rings. The standard InChI is InChI=1S/C21H27F3N2O3/c22-21(23,24)17-3-1-2-16(12-17)14-25-6-4-20(5-7-25)13-18(29-19(20)27)15-26-8-10-28-11-9-26/h1-3,12,18H,4-11,13-15H2. The van der Waals surface area contributed by atoms with E-state index in [4.69, 9.17) is 9.47 Å². The van der Waals surface area contributed by atoms with Gasteiger partial charge in [-0.1, -0.05) is 18.2 Å². The van der Waals surface area contributed by atoms with Crippen molar-refractivity contribution in [3.63, 3.8) is 0 Å². The van der Waals surface area contributed by atoms with Crippen LogP contribution in [0.4, 0.5) is 13.2 Å². The third kappa shape index (κ3) is 4.75. The van der Waals surface area contributed by atoms with Gasteiger partial charge in [0.1, 0.15) is 6.10 Å². The smallest absolute Gasteiger partial charge is 0.416 e. The minimum absolute atomic E-state index is 0.0735. The zero-order chi connectivity index (χ0) is 20.5. The van der Waals surface area contributed by atoms with Crippen LogP contribution in [0.5, 0.6) is 0 Å². The number of carbonyl (C=O) groups is 1. The molecule has 0 amide bonds. The van der Waals surface area contributed by atoms with E-state index in [-0.39, 0.29) is 12.1 Å². The molecule has 0 radical (unpaired) electrons. The molecule has 1 aromatic carbocycles. The molecule has 1 unspecified atom stereocenters. The summed E-state index contributed by atoms with van der Waals surface area (Å²) < 4.78 is 49.8. The molecule has 1 aromatic rings. The quantitative estimate of drug-likeness (QED) is 0.712. The van der Waals surface area contributed by atoms with Gasteiger partial charge >= 0.3 is 12.1 Å². The molecule has 0 bridgehead atoms. The maximum Gasteiger partial charge on any atom is 0.416 e. The van der Waals surface area contributed by atoms with Gasteiger partial charge in [-0.05, 0) is 37.6 Å². The lowest BCUT2D eigenvalue weighted by molar-refractivity contribution is -0.151. The summed E-state index contributed by atoms with van der Waals surface area (Å²) in [5, 5.41) is 0. The first kappa shape index (κ1) is 20.6. The van der Waals surface area contributed by atoms with Gasteiger partial charge in [0.05, 0.1) is 24.2 Å². The first-order valence-electron chi connectivity index (χ1n) is 10.2. The zero-order valence-electron chi connectivity index (χ0n) is 16.4. The summed E-state index contributed by atoms with van der Waals surface area (Å²) in [6.45, 7) is 5.77. The summed E-state index contributed by atoms with van der Waals surface area (Å²) in [6, 6.07) is 5.49. The number of morpholine rings is 1. The second kappa shape index (κ2) is 8.24. The Labute approximate surface area is 168 Å². The minimum atomic E-state index is -4.33. The van der Waals surface area contributed by atoms with Crippen LogP contribution in [0.25, 0.3) is 0 Å². The van der Waals surface area contributed by atoms with Gasteiger partial charge in [0.25, 0.3) is 0 Å². The van der Waals surface area contributed by atoms with Crippen molar-refractivity contribution in [2.24, 2.45) is 5.41 Å². The summed E-state index contributed by atoms with van der Waals surface area (Å²) in [7, 11) is 0. The van der Waals surface area contributed by atoms with E-state index in [0.717, 1.165) is 45.3 Å². The van der Waals surface area contributed by atoms with E-state index in [0.29, 0.717) is 38.0 Å². The summed E-state index contributed by atoms with van der Waals surface area (Å²) in [4.78, 5) is 17.0. The molecule has 1 atom stereocenters. The number of hydrogen-bond donors (Lipinski definition) is 0. The predicted octanol–water partition coefficient (Wildman–Crippen LogP) is 2.94. The van der Waals surface area contributed by atoms with Crippen molar-refractivity contribution in [2.45, 2.75) is 38.1 Å². The minimum Gasteiger partial charge on any atom is -0.461 e. The van der Waals surface area contributed by atoms with Crippen LogP contribution in [0, 0.1) is 5.41 Å². The number of likely N-dealkylation sites (tertiary alicyclic amines) is 1. The maximum atomic E-state index is 12.9. The van der Waals surface area contributed by atoms with E-state index >= 15 is 0 Å².